The number of allylic oxidation sites excluding steroid dienone is 2. The second-order valence-electron chi connectivity index (χ2n) is 6.86. The van der Waals surface area contributed by atoms with Crippen molar-refractivity contribution in [2.45, 2.75) is 24.6 Å². The molecule has 3 atom stereocenters. The van der Waals surface area contributed by atoms with Gasteiger partial charge in [0.25, 0.3) is 0 Å². The molecule has 1 heterocycles. The summed E-state index contributed by atoms with van der Waals surface area (Å²) >= 11 is 0. The van der Waals surface area contributed by atoms with Crippen LogP contribution in [0.2, 0.25) is 0 Å². The number of methoxy groups -OCH3 is 1. The van der Waals surface area contributed by atoms with Crippen LogP contribution < -0.4 is 5.32 Å². The van der Waals surface area contributed by atoms with Crippen molar-refractivity contribution in [2.75, 3.05) is 12.4 Å². The highest BCUT2D eigenvalue weighted by Crippen LogP contribution is 2.52. The number of anilines is 1. The zero-order chi connectivity index (χ0) is 19.2. The molecule has 0 bridgehead atoms. The zero-order valence-electron chi connectivity index (χ0n) is 14.6. The second-order valence-corrected chi connectivity index (χ2v) is 6.86. The Labute approximate surface area is 154 Å². The first-order chi connectivity index (χ1) is 12.9. The summed E-state index contributed by atoms with van der Waals surface area (Å²) in [5.74, 6) is -0.373. The largest absolute Gasteiger partial charge is 0.465 e. The maximum Gasteiger partial charge on any atom is 0.418 e. The number of hydrogen-bond donors (Lipinski definition) is 1. The summed E-state index contributed by atoms with van der Waals surface area (Å²) in [4.78, 5) is 11.6. The molecule has 27 heavy (non-hydrogen) atoms. The zero-order valence-corrected chi connectivity index (χ0v) is 14.6. The number of carbonyl (C=O) groups excluding carboxylic acids is 1. The van der Waals surface area contributed by atoms with Gasteiger partial charge in [-0.3, -0.25) is 0 Å². The Hall–Kier alpha value is -2.76. The van der Waals surface area contributed by atoms with Crippen molar-refractivity contribution in [1.82, 2.24) is 0 Å². The summed E-state index contributed by atoms with van der Waals surface area (Å²) in [6.45, 7) is 0. The Morgan fingerprint density at radius 1 is 1.15 bits per heavy atom. The van der Waals surface area contributed by atoms with Crippen LogP contribution in [0, 0.1) is 5.92 Å². The van der Waals surface area contributed by atoms with Gasteiger partial charge in [0, 0.05) is 5.92 Å². The Morgan fingerprint density at radius 2 is 1.89 bits per heavy atom. The van der Waals surface area contributed by atoms with Gasteiger partial charge in [0.1, 0.15) is 0 Å². The number of halogens is 3. The molecule has 0 saturated heterocycles. The standard InChI is InChI=1S/C21H18F3NO2/c1-27-20(26)13-10-8-12(9-11-13)18-15-5-2-4-14(15)16-6-3-7-17(19(16)25-18)21(22,23)24/h2-4,6-11,14-15,18,25H,5H2,1H3/t14-,15+,18-/m0/s1. The maximum absolute atomic E-state index is 13.5. The predicted octanol–water partition coefficient (Wildman–Crippen LogP) is 5.32. The molecule has 0 spiro atoms. The van der Waals surface area contributed by atoms with Crippen LogP contribution in [0.5, 0.6) is 0 Å². The number of alkyl halides is 3. The van der Waals surface area contributed by atoms with Gasteiger partial charge < -0.3 is 10.1 Å². The molecule has 0 aromatic heterocycles. The number of benzene rings is 2. The highest BCUT2D eigenvalue weighted by Gasteiger charge is 2.42. The molecule has 1 aliphatic carbocycles. The van der Waals surface area contributed by atoms with E-state index in [2.05, 4.69) is 5.32 Å². The summed E-state index contributed by atoms with van der Waals surface area (Å²) in [6.07, 6.45) is 0.395. The predicted molar refractivity (Wildman–Crippen MR) is 95.6 cm³/mol. The summed E-state index contributed by atoms with van der Waals surface area (Å²) in [6, 6.07) is 10.9. The minimum atomic E-state index is -4.42. The SMILES string of the molecule is COC(=O)c1ccc([C@@H]2Nc3c(cccc3C(F)(F)F)[C@H]3C=CC[C@H]32)cc1. The van der Waals surface area contributed by atoms with Crippen molar-refractivity contribution in [2.24, 2.45) is 5.92 Å². The van der Waals surface area contributed by atoms with Crippen molar-refractivity contribution in [3.05, 3.63) is 76.9 Å². The number of para-hydroxylation sites is 1. The Kier molecular flexibility index (Phi) is 4.21. The van der Waals surface area contributed by atoms with Gasteiger partial charge in [0.2, 0.25) is 0 Å². The van der Waals surface area contributed by atoms with Crippen LogP contribution in [-0.4, -0.2) is 13.1 Å². The molecule has 6 heteroatoms. The molecular weight excluding hydrogens is 355 g/mol. The third-order valence-corrected chi connectivity index (χ3v) is 5.39. The van der Waals surface area contributed by atoms with Crippen LogP contribution in [0.15, 0.2) is 54.6 Å². The Morgan fingerprint density at radius 3 is 2.56 bits per heavy atom. The van der Waals surface area contributed by atoms with E-state index in [-0.39, 0.29) is 23.6 Å². The fourth-order valence-electron chi connectivity index (χ4n) is 4.13. The van der Waals surface area contributed by atoms with Gasteiger partial charge in [0.05, 0.1) is 30.0 Å². The minimum absolute atomic E-state index is 0.0613. The number of rotatable bonds is 2. The van der Waals surface area contributed by atoms with Gasteiger partial charge in [-0.05, 0) is 41.7 Å². The van der Waals surface area contributed by atoms with Gasteiger partial charge in [-0.25, -0.2) is 4.79 Å². The molecule has 2 aliphatic rings. The number of esters is 1. The second kappa shape index (κ2) is 6.44. The van der Waals surface area contributed by atoms with E-state index in [0.29, 0.717) is 11.1 Å². The van der Waals surface area contributed by atoms with Crippen molar-refractivity contribution >= 4 is 11.7 Å². The highest BCUT2D eigenvalue weighted by atomic mass is 19.4. The minimum Gasteiger partial charge on any atom is -0.465 e. The lowest BCUT2D eigenvalue weighted by molar-refractivity contribution is -0.137. The Balaban J connectivity index is 1.76. The van der Waals surface area contributed by atoms with E-state index in [4.69, 9.17) is 4.74 Å². The topological polar surface area (TPSA) is 38.3 Å². The first-order valence-electron chi connectivity index (χ1n) is 8.71. The molecule has 140 valence electrons. The third kappa shape index (κ3) is 2.99. The van der Waals surface area contributed by atoms with Crippen molar-refractivity contribution in [1.29, 1.82) is 0 Å². The van der Waals surface area contributed by atoms with E-state index in [1.807, 2.05) is 12.2 Å². The van der Waals surface area contributed by atoms with E-state index in [0.717, 1.165) is 18.1 Å². The molecule has 3 nitrogen and oxygen atoms in total. The van der Waals surface area contributed by atoms with Gasteiger partial charge in [-0.2, -0.15) is 13.2 Å². The van der Waals surface area contributed by atoms with Crippen LogP contribution in [0.25, 0.3) is 0 Å². The molecule has 2 aromatic rings. The fourth-order valence-corrected chi connectivity index (χ4v) is 4.13. The molecule has 0 radical (unpaired) electrons. The quantitative estimate of drug-likeness (QED) is 0.572. The number of ether oxygens (including phenoxy) is 1. The third-order valence-electron chi connectivity index (χ3n) is 5.39. The van der Waals surface area contributed by atoms with E-state index in [1.54, 1.807) is 30.3 Å². The number of hydrogen-bond acceptors (Lipinski definition) is 3. The first-order valence-corrected chi connectivity index (χ1v) is 8.71. The molecule has 0 amide bonds. The summed E-state index contributed by atoms with van der Waals surface area (Å²) in [7, 11) is 1.31. The van der Waals surface area contributed by atoms with Crippen LogP contribution in [-0.2, 0) is 10.9 Å². The summed E-state index contributed by atoms with van der Waals surface area (Å²) in [5, 5.41) is 3.15. The van der Waals surface area contributed by atoms with Gasteiger partial charge >= 0.3 is 12.1 Å². The summed E-state index contributed by atoms with van der Waals surface area (Å²) < 4.78 is 45.3. The van der Waals surface area contributed by atoms with Crippen LogP contribution >= 0.6 is 0 Å². The number of carbonyl (C=O) groups is 1. The first kappa shape index (κ1) is 17.6. The van der Waals surface area contributed by atoms with E-state index in [9.17, 15) is 18.0 Å². The van der Waals surface area contributed by atoms with E-state index < -0.39 is 17.7 Å². The number of nitrogens with one attached hydrogen (secondary N) is 1. The van der Waals surface area contributed by atoms with Crippen LogP contribution in [0.1, 0.15) is 45.4 Å². The monoisotopic (exact) mass is 373 g/mol. The van der Waals surface area contributed by atoms with Crippen molar-refractivity contribution < 1.29 is 22.7 Å². The number of fused-ring (bicyclic) bond motifs is 3. The molecule has 1 aliphatic heterocycles. The smallest absolute Gasteiger partial charge is 0.418 e. The molecule has 1 N–H and O–H groups in total. The average Bonchev–Trinajstić information content (AvgIpc) is 3.15. The maximum atomic E-state index is 13.5. The summed E-state index contributed by atoms with van der Waals surface area (Å²) in [5.41, 5.74) is 1.46. The van der Waals surface area contributed by atoms with Gasteiger partial charge in [-0.1, -0.05) is 36.4 Å². The molecule has 0 unspecified atom stereocenters. The van der Waals surface area contributed by atoms with Crippen LogP contribution in [0.4, 0.5) is 18.9 Å². The molecule has 2 aromatic carbocycles. The molecule has 0 saturated carbocycles. The van der Waals surface area contributed by atoms with Crippen molar-refractivity contribution in [3.8, 4) is 0 Å². The average molecular weight is 373 g/mol. The van der Waals surface area contributed by atoms with Crippen molar-refractivity contribution in [3.63, 3.8) is 0 Å². The normalized spacial score (nSPS) is 23.3. The fraction of sp³-hybridized carbons (Fsp3) is 0.286. The lowest BCUT2D eigenvalue weighted by Gasteiger charge is -2.38. The van der Waals surface area contributed by atoms with E-state index in [1.165, 1.54) is 13.2 Å². The Bertz CT molecular complexity index is 903. The lowest BCUT2D eigenvalue weighted by atomic mass is 9.76. The lowest BCUT2D eigenvalue weighted by Crippen LogP contribution is -2.30. The van der Waals surface area contributed by atoms with E-state index >= 15 is 0 Å². The van der Waals surface area contributed by atoms with Crippen LogP contribution in [0.3, 0.4) is 0 Å². The molecular formula is C21H18F3NO2. The van der Waals surface area contributed by atoms with Gasteiger partial charge in [0.15, 0.2) is 0 Å². The van der Waals surface area contributed by atoms with Gasteiger partial charge in [-0.15, -0.1) is 0 Å². The molecule has 4 rings (SSSR count). The molecule has 0 fully saturated rings. The highest BCUT2D eigenvalue weighted by molar-refractivity contribution is 5.89.